The summed E-state index contributed by atoms with van der Waals surface area (Å²) >= 11 is 18.1. The first-order chi connectivity index (χ1) is 11.2. The predicted octanol–water partition coefficient (Wildman–Crippen LogP) is 3.36. The number of halogens is 3. The van der Waals surface area contributed by atoms with E-state index in [9.17, 15) is 13.2 Å². The Hall–Kier alpha value is -1.41. The molecule has 1 unspecified atom stereocenters. The Morgan fingerprint density at radius 1 is 1.25 bits per heavy atom. The molecular formula is C14H11Cl3N2O4S. The number of sulfone groups is 1. The van der Waals surface area contributed by atoms with E-state index in [0.717, 1.165) is 6.26 Å². The van der Waals surface area contributed by atoms with Crippen LogP contribution in [0.25, 0.3) is 0 Å². The van der Waals surface area contributed by atoms with Crippen LogP contribution in [-0.4, -0.2) is 37.7 Å². The van der Waals surface area contributed by atoms with Crippen molar-refractivity contribution in [1.29, 1.82) is 0 Å². The summed E-state index contributed by atoms with van der Waals surface area (Å²) in [4.78, 5) is 19.6. The summed E-state index contributed by atoms with van der Waals surface area (Å²) < 4.78 is 29.6. The van der Waals surface area contributed by atoms with Crippen LogP contribution in [0.15, 0.2) is 24.5 Å². The molecule has 0 aliphatic heterocycles. The fourth-order valence-electron chi connectivity index (χ4n) is 2.19. The van der Waals surface area contributed by atoms with Crippen molar-refractivity contribution in [2.45, 2.75) is 5.25 Å². The lowest BCUT2D eigenvalue weighted by Gasteiger charge is -2.20. The molecule has 0 bridgehead atoms. The molecule has 0 aliphatic carbocycles. The number of hydrogen-bond donors (Lipinski definition) is 0. The van der Waals surface area contributed by atoms with E-state index < -0.39 is 21.1 Å². The average molecular weight is 410 g/mol. The summed E-state index contributed by atoms with van der Waals surface area (Å²) in [6.07, 6.45) is 3.53. The Kier molecular flexibility index (Phi) is 5.70. The second-order valence-electron chi connectivity index (χ2n) is 4.77. The summed E-state index contributed by atoms with van der Waals surface area (Å²) in [6.45, 7) is 0. The Morgan fingerprint density at radius 2 is 1.92 bits per heavy atom. The number of rotatable bonds is 4. The van der Waals surface area contributed by atoms with E-state index in [4.69, 9.17) is 34.8 Å². The first-order valence-corrected chi connectivity index (χ1v) is 9.48. The largest absolute Gasteiger partial charge is 0.464 e. The van der Waals surface area contributed by atoms with Gasteiger partial charge in [-0.25, -0.2) is 23.2 Å². The van der Waals surface area contributed by atoms with Gasteiger partial charge < -0.3 is 4.74 Å². The zero-order valence-electron chi connectivity index (χ0n) is 12.5. The molecule has 128 valence electrons. The summed E-state index contributed by atoms with van der Waals surface area (Å²) in [6, 6.07) is 2.93. The van der Waals surface area contributed by atoms with Gasteiger partial charge in [-0.15, -0.1) is 0 Å². The van der Waals surface area contributed by atoms with Gasteiger partial charge >= 0.3 is 5.97 Å². The topological polar surface area (TPSA) is 86.2 Å². The molecule has 0 amide bonds. The molecule has 2 rings (SSSR count). The van der Waals surface area contributed by atoms with Crippen LogP contribution in [0.5, 0.6) is 0 Å². The van der Waals surface area contributed by atoms with Crippen LogP contribution in [0.4, 0.5) is 0 Å². The quantitative estimate of drug-likeness (QED) is 0.568. The molecule has 2 heterocycles. The number of carbonyl (C=O) groups is 1. The maximum absolute atomic E-state index is 12.5. The van der Waals surface area contributed by atoms with Gasteiger partial charge in [-0.2, -0.15) is 0 Å². The molecule has 0 N–H and O–H groups in total. The monoisotopic (exact) mass is 408 g/mol. The van der Waals surface area contributed by atoms with Gasteiger partial charge in [-0.1, -0.05) is 40.9 Å². The van der Waals surface area contributed by atoms with Gasteiger partial charge in [0.1, 0.15) is 10.4 Å². The lowest BCUT2D eigenvalue weighted by atomic mass is 10.0. The summed E-state index contributed by atoms with van der Waals surface area (Å²) in [5, 5.41) is -1.58. The second-order valence-corrected chi connectivity index (χ2v) is 8.04. The van der Waals surface area contributed by atoms with Gasteiger partial charge in [0, 0.05) is 29.8 Å². The summed E-state index contributed by atoms with van der Waals surface area (Å²) in [5.41, 5.74) is -0.0487. The molecule has 10 heteroatoms. The van der Waals surface area contributed by atoms with Crippen LogP contribution >= 0.6 is 34.8 Å². The Balaban J connectivity index is 2.85. The number of nitrogens with zero attached hydrogens (tertiary/aromatic N) is 2. The normalized spacial score (nSPS) is 12.7. The number of hydrogen-bond acceptors (Lipinski definition) is 6. The van der Waals surface area contributed by atoms with Crippen LogP contribution in [0.2, 0.25) is 15.2 Å². The van der Waals surface area contributed by atoms with Crippen molar-refractivity contribution in [3.05, 3.63) is 56.5 Å². The number of esters is 1. The smallest absolute Gasteiger partial charge is 0.356 e. The van der Waals surface area contributed by atoms with Crippen molar-refractivity contribution in [1.82, 2.24) is 9.97 Å². The van der Waals surface area contributed by atoms with Crippen molar-refractivity contribution in [3.8, 4) is 0 Å². The van der Waals surface area contributed by atoms with Crippen LogP contribution in [-0.2, 0) is 14.6 Å². The zero-order valence-corrected chi connectivity index (χ0v) is 15.5. The number of ether oxygens (including phenoxy) is 1. The third-order valence-corrected chi connectivity index (χ3v) is 5.57. The Morgan fingerprint density at radius 3 is 2.50 bits per heavy atom. The zero-order chi connectivity index (χ0) is 18.1. The SMILES string of the molecule is COC(=O)c1ncccc1C(c1c(Cl)cnc(Cl)c1Cl)S(C)(=O)=O. The van der Waals surface area contributed by atoms with Gasteiger partial charge in [-0.05, 0) is 6.07 Å². The highest BCUT2D eigenvalue weighted by Gasteiger charge is 2.34. The van der Waals surface area contributed by atoms with Gasteiger partial charge in [0.05, 0.1) is 17.2 Å². The number of carbonyl (C=O) groups excluding carboxylic acids is 1. The summed E-state index contributed by atoms with van der Waals surface area (Å²) in [5.74, 6) is -0.786. The Labute approximate surface area is 153 Å². The molecule has 0 aliphatic rings. The predicted molar refractivity (Wildman–Crippen MR) is 91.5 cm³/mol. The second kappa shape index (κ2) is 7.23. The van der Waals surface area contributed by atoms with Crippen molar-refractivity contribution in [3.63, 3.8) is 0 Å². The molecule has 0 aromatic carbocycles. The third kappa shape index (κ3) is 3.64. The maximum atomic E-state index is 12.5. The van der Waals surface area contributed by atoms with Crippen LogP contribution in [0, 0.1) is 0 Å². The van der Waals surface area contributed by atoms with Gasteiger partial charge in [0.25, 0.3) is 0 Å². The molecule has 24 heavy (non-hydrogen) atoms. The highest BCUT2D eigenvalue weighted by atomic mass is 35.5. The molecule has 0 radical (unpaired) electrons. The Bertz CT molecular complexity index is 903. The minimum Gasteiger partial charge on any atom is -0.464 e. The van der Waals surface area contributed by atoms with Crippen LogP contribution < -0.4 is 0 Å². The van der Waals surface area contributed by atoms with E-state index in [-0.39, 0.29) is 32.0 Å². The number of pyridine rings is 2. The fraction of sp³-hybridized carbons (Fsp3) is 0.214. The average Bonchev–Trinajstić information content (AvgIpc) is 2.53. The minimum absolute atomic E-state index is 0.000469. The molecule has 0 saturated carbocycles. The van der Waals surface area contributed by atoms with Gasteiger partial charge in [-0.3, -0.25) is 0 Å². The molecule has 1 atom stereocenters. The van der Waals surface area contributed by atoms with Crippen LogP contribution in [0.3, 0.4) is 0 Å². The molecule has 2 aromatic heterocycles. The van der Waals surface area contributed by atoms with E-state index in [1.165, 1.54) is 31.6 Å². The van der Waals surface area contributed by atoms with Crippen molar-refractivity contribution >= 4 is 50.6 Å². The molecule has 6 nitrogen and oxygen atoms in total. The molecule has 2 aromatic rings. The number of methoxy groups -OCH3 is 1. The van der Waals surface area contributed by atoms with Crippen molar-refractivity contribution < 1.29 is 17.9 Å². The molecule has 0 fully saturated rings. The molecular weight excluding hydrogens is 399 g/mol. The minimum atomic E-state index is -3.80. The fourth-order valence-corrected chi connectivity index (χ4v) is 4.36. The van der Waals surface area contributed by atoms with Crippen LogP contribution in [0.1, 0.15) is 26.9 Å². The van der Waals surface area contributed by atoms with Gasteiger partial charge in [0.2, 0.25) is 0 Å². The highest BCUT2D eigenvalue weighted by molar-refractivity contribution is 7.91. The standard InChI is InChI=1S/C14H11Cl3N2O4S/c1-23-14(20)11-7(4-3-5-18-11)12(24(2,21)22)9-8(15)6-19-13(17)10(9)16/h3-6,12H,1-2H3. The lowest BCUT2D eigenvalue weighted by Crippen LogP contribution is -2.19. The summed E-state index contributed by atoms with van der Waals surface area (Å²) in [7, 11) is -2.63. The molecule has 0 saturated heterocycles. The van der Waals surface area contributed by atoms with E-state index in [2.05, 4.69) is 14.7 Å². The van der Waals surface area contributed by atoms with E-state index >= 15 is 0 Å². The first kappa shape index (κ1) is 18.9. The first-order valence-electron chi connectivity index (χ1n) is 6.40. The lowest BCUT2D eigenvalue weighted by molar-refractivity contribution is 0.0593. The van der Waals surface area contributed by atoms with Crippen molar-refractivity contribution in [2.75, 3.05) is 13.4 Å². The van der Waals surface area contributed by atoms with E-state index in [1.54, 1.807) is 0 Å². The third-order valence-electron chi connectivity index (χ3n) is 3.16. The van der Waals surface area contributed by atoms with Gasteiger partial charge in [0.15, 0.2) is 15.5 Å². The highest BCUT2D eigenvalue weighted by Crippen LogP contribution is 2.41. The maximum Gasteiger partial charge on any atom is 0.356 e. The molecule has 0 spiro atoms. The number of aromatic nitrogens is 2. The van der Waals surface area contributed by atoms with Crippen molar-refractivity contribution in [2.24, 2.45) is 0 Å². The van der Waals surface area contributed by atoms with E-state index in [1.807, 2.05) is 0 Å². The van der Waals surface area contributed by atoms with E-state index in [0.29, 0.717) is 0 Å².